The third-order valence-electron chi connectivity index (χ3n) is 6.21. The molecule has 0 spiro atoms. The largest absolute Gasteiger partial charge is 0.495 e. The number of fused-ring (bicyclic) bond motifs is 1. The smallest absolute Gasteiger partial charge is 0.377 e. The van der Waals surface area contributed by atoms with E-state index in [1.165, 1.54) is 0 Å². The van der Waals surface area contributed by atoms with E-state index in [2.05, 4.69) is 45.6 Å². The molecular formula is C29H36N4O5. The van der Waals surface area contributed by atoms with Crippen LogP contribution in [0.5, 0.6) is 5.75 Å². The number of methoxy groups -OCH3 is 1. The van der Waals surface area contributed by atoms with E-state index in [0.717, 1.165) is 66.3 Å². The first-order valence-corrected chi connectivity index (χ1v) is 12.8. The molecule has 0 atom stereocenters. The molecule has 202 valence electrons. The molecule has 9 heteroatoms. The van der Waals surface area contributed by atoms with E-state index >= 15 is 0 Å². The van der Waals surface area contributed by atoms with Crippen molar-refractivity contribution in [3.8, 4) is 5.75 Å². The second-order valence-electron chi connectivity index (χ2n) is 10.3. The van der Waals surface area contributed by atoms with Crippen LogP contribution in [0, 0.1) is 0 Å². The van der Waals surface area contributed by atoms with E-state index < -0.39 is 24.0 Å². The lowest BCUT2D eigenvalue weighted by molar-refractivity contribution is -0.165. The van der Waals surface area contributed by atoms with Crippen molar-refractivity contribution in [1.82, 2.24) is 15.4 Å². The summed E-state index contributed by atoms with van der Waals surface area (Å²) in [6.45, 7) is 9.47. The van der Waals surface area contributed by atoms with E-state index in [0.29, 0.717) is 6.54 Å². The molecule has 1 N–H and O–H groups in total. The number of benzene rings is 2. The van der Waals surface area contributed by atoms with Crippen LogP contribution in [0.25, 0.3) is 10.9 Å². The van der Waals surface area contributed by atoms with E-state index in [-0.39, 0.29) is 0 Å². The van der Waals surface area contributed by atoms with Crippen molar-refractivity contribution in [3.63, 3.8) is 0 Å². The molecule has 0 bridgehead atoms. The lowest BCUT2D eigenvalue weighted by atomic mass is 10.1. The van der Waals surface area contributed by atoms with E-state index in [9.17, 15) is 9.59 Å². The molecule has 4 rings (SSSR count). The lowest BCUT2D eigenvalue weighted by Gasteiger charge is -2.36. The van der Waals surface area contributed by atoms with E-state index in [1.807, 2.05) is 24.3 Å². The Hall–Kier alpha value is -3.53. The fraction of sp³-hybridized carbons (Fsp3) is 0.414. The van der Waals surface area contributed by atoms with Crippen LogP contribution in [0.4, 0.5) is 5.69 Å². The molecule has 0 aliphatic carbocycles. The number of para-hydroxylation sites is 1. The third-order valence-corrected chi connectivity index (χ3v) is 6.21. The molecule has 1 fully saturated rings. The van der Waals surface area contributed by atoms with Crippen molar-refractivity contribution in [2.75, 3.05) is 44.8 Å². The van der Waals surface area contributed by atoms with E-state index in [4.69, 9.17) is 19.3 Å². The van der Waals surface area contributed by atoms with Crippen molar-refractivity contribution in [2.45, 2.75) is 39.5 Å². The highest BCUT2D eigenvalue weighted by molar-refractivity contribution is 6.34. The number of hydrogen-bond donors (Lipinski definition) is 1. The zero-order valence-electron chi connectivity index (χ0n) is 22.5. The minimum atomic E-state index is -0.901. The predicted octanol–water partition coefficient (Wildman–Crippen LogP) is 3.50. The van der Waals surface area contributed by atoms with Crippen LogP contribution < -0.4 is 15.1 Å². The number of ketones is 1. The summed E-state index contributed by atoms with van der Waals surface area (Å²) < 4.78 is 10.7. The van der Waals surface area contributed by atoms with Crippen molar-refractivity contribution in [1.29, 1.82) is 0 Å². The topological polar surface area (TPSA) is 93.2 Å². The number of carbonyl (C=O) groups is 2. The van der Waals surface area contributed by atoms with Gasteiger partial charge in [-0.3, -0.25) is 19.5 Å². The molecule has 1 aliphatic heterocycles. The Kier molecular flexibility index (Phi) is 8.93. The molecular weight excluding hydrogens is 484 g/mol. The number of piperazine rings is 1. The van der Waals surface area contributed by atoms with Crippen LogP contribution in [0.3, 0.4) is 0 Å². The summed E-state index contributed by atoms with van der Waals surface area (Å²) in [6, 6.07) is 18.4. The van der Waals surface area contributed by atoms with Gasteiger partial charge in [-0.05, 0) is 50.6 Å². The summed E-state index contributed by atoms with van der Waals surface area (Å²) in [5.74, 6) is -0.833. The fourth-order valence-electron chi connectivity index (χ4n) is 4.31. The number of aromatic nitrogens is 1. The zero-order chi connectivity index (χ0) is 27.1. The number of rotatable bonds is 10. The number of pyridine rings is 1. The summed E-state index contributed by atoms with van der Waals surface area (Å²) in [6.07, 6.45) is 0. The first kappa shape index (κ1) is 27.5. The highest BCUT2D eigenvalue weighted by Gasteiger charge is 2.23. The first-order valence-electron chi connectivity index (χ1n) is 12.8. The predicted molar refractivity (Wildman–Crippen MR) is 146 cm³/mol. The monoisotopic (exact) mass is 520 g/mol. The second kappa shape index (κ2) is 12.3. The average molecular weight is 521 g/mol. The SMILES string of the molecule is COc1ccc(CNOCC(=O)C(=O)OC(C)(C)C)cc1N1CCN(Cc2ccc3ccccc3n2)CC1. The number of nitrogens with zero attached hydrogens (tertiary/aromatic N) is 3. The molecule has 2 aromatic carbocycles. The van der Waals surface area contributed by atoms with Gasteiger partial charge in [0.05, 0.1) is 24.0 Å². The maximum atomic E-state index is 11.9. The Morgan fingerprint density at radius 3 is 2.50 bits per heavy atom. The molecule has 1 aromatic heterocycles. The summed E-state index contributed by atoms with van der Waals surface area (Å²) in [7, 11) is 1.67. The number of esters is 1. The number of Topliss-reactive ketones (excluding diaryl/α,β-unsaturated/α-hetero) is 1. The van der Waals surface area contributed by atoms with Gasteiger partial charge in [-0.15, -0.1) is 0 Å². The number of ether oxygens (including phenoxy) is 2. The van der Waals surface area contributed by atoms with Gasteiger partial charge < -0.3 is 14.4 Å². The van der Waals surface area contributed by atoms with Gasteiger partial charge in [0, 0.05) is 44.7 Å². The number of hydrogen-bond acceptors (Lipinski definition) is 9. The van der Waals surface area contributed by atoms with Crippen molar-refractivity contribution < 1.29 is 23.9 Å². The molecule has 38 heavy (non-hydrogen) atoms. The Bertz CT molecular complexity index is 1270. The van der Waals surface area contributed by atoms with Crippen LogP contribution in [-0.4, -0.2) is 67.1 Å². The van der Waals surface area contributed by atoms with Gasteiger partial charge in [-0.1, -0.05) is 30.3 Å². The standard InChI is InChI=1S/C29H36N4O5/c1-29(2,3)38-28(35)26(34)20-37-30-18-21-9-12-27(36-4)25(17-21)33-15-13-32(14-16-33)19-23-11-10-22-7-5-6-8-24(22)31-23/h5-12,17,30H,13-16,18-20H2,1-4H3. The molecule has 0 saturated carbocycles. The van der Waals surface area contributed by atoms with Gasteiger partial charge in [0.15, 0.2) is 0 Å². The third kappa shape index (κ3) is 7.50. The molecule has 9 nitrogen and oxygen atoms in total. The van der Waals surface area contributed by atoms with Crippen LogP contribution in [0.1, 0.15) is 32.0 Å². The summed E-state index contributed by atoms with van der Waals surface area (Å²) in [5.41, 5.74) is 6.12. The molecule has 1 aliphatic rings. The van der Waals surface area contributed by atoms with Gasteiger partial charge in [0.25, 0.3) is 5.78 Å². The van der Waals surface area contributed by atoms with Gasteiger partial charge >= 0.3 is 5.97 Å². The van der Waals surface area contributed by atoms with Crippen LogP contribution >= 0.6 is 0 Å². The Morgan fingerprint density at radius 2 is 1.76 bits per heavy atom. The molecule has 0 radical (unpaired) electrons. The lowest BCUT2D eigenvalue weighted by Crippen LogP contribution is -2.46. The number of hydroxylamine groups is 1. The number of carbonyl (C=O) groups excluding carboxylic acids is 2. The first-order chi connectivity index (χ1) is 18.2. The molecule has 1 saturated heterocycles. The highest BCUT2D eigenvalue weighted by Crippen LogP contribution is 2.30. The number of nitrogens with one attached hydrogen (secondary N) is 1. The van der Waals surface area contributed by atoms with Crippen LogP contribution in [-0.2, 0) is 32.3 Å². The Morgan fingerprint density at radius 1 is 1.00 bits per heavy atom. The van der Waals surface area contributed by atoms with Gasteiger partial charge in [-0.2, -0.15) is 5.48 Å². The molecule has 0 unspecified atom stereocenters. The van der Waals surface area contributed by atoms with Crippen LogP contribution in [0.2, 0.25) is 0 Å². The normalized spacial score (nSPS) is 14.5. The summed E-state index contributed by atoms with van der Waals surface area (Å²) >= 11 is 0. The number of anilines is 1. The van der Waals surface area contributed by atoms with Crippen LogP contribution in [0.15, 0.2) is 54.6 Å². The molecule has 0 amide bonds. The molecule has 3 aromatic rings. The zero-order valence-corrected chi connectivity index (χ0v) is 22.5. The van der Waals surface area contributed by atoms with Crippen molar-refractivity contribution >= 4 is 28.3 Å². The fourth-order valence-corrected chi connectivity index (χ4v) is 4.31. The maximum absolute atomic E-state index is 11.9. The molecule has 2 heterocycles. The highest BCUT2D eigenvalue weighted by atomic mass is 16.6. The van der Waals surface area contributed by atoms with Gasteiger partial charge in [0.2, 0.25) is 0 Å². The van der Waals surface area contributed by atoms with Crippen molar-refractivity contribution in [2.24, 2.45) is 0 Å². The minimum Gasteiger partial charge on any atom is -0.495 e. The summed E-state index contributed by atoms with van der Waals surface area (Å²) in [4.78, 5) is 38.5. The average Bonchev–Trinajstić information content (AvgIpc) is 2.90. The second-order valence-corrected chi connectivity index (χ2v) is 10.3. The van der Waals surface area contributed by atoms with Gasteiger partial charge in [0.1, 0.15) is 18.0 Å². The van der Waals surface area contributed by atoms with Gasteiger partial charge in [-0.25, -0.2) is 4.79 Å². The Balaban J connectivity index is 1.28. The van der Waals surface area contributed by atoms with E-state index in [1.54, 1.807) is 27.9 Å². The minimum absolute atomic E-state index is 0.367. The summed E-state index contributed by atoms with van der Waals surface area (Å²) in [5, 5.41) is 1.16. The Labute approximate surface area is 223 Å². The maximum Gasteiger partial charge on any atom is 0.377 e. The van der Waals surface area contributed by atoms with Crippen molar-refractivity contribution in [3.05, 3.63) is 65.9 Å². The quantitative estimate of drug-likeness (QED) is 0.187.